The Hall–Kier alpha value is -2.01. The molecule has 0 aromatic heterocycles. The SMILES string of the molecule is NCc1cccc(F)c1OCc1cc(F)cc(F)c1. The van der Waals surface area contributed by atoms with Crippen molar-refractivity contribution in [1.29, 1.82) is 0 Å². The minimum Gasteiger partial charge on any atom is -0.485 e. The molecule has 0 saturated heterocycles. The molecule has 0 amide bonds. The number of benzene rings is 2. The van der Waals surface area contributed by atoms with Crippen LogP contribution >= 0.6 is 0 Å². The Kier molecular flexibility index (Phi) is 4.06. The summed E-state index contributed by atoms with van der Waals surface area (Å²) in [5.74, 6) is -1.95. The van der Waals surface area contributed by atoms with Crippen LogP contribution in [-0.2, 0) is 13.2 Å². The van der Waals surface area contributed by atoms with Crippen LogP contribution in [0.25, 0.3) is 0 Å². The van der Waals surface area contributed by atoms with Crippen molar-refractivity contribution in [1.82, 2.24) is 0 Å². The summed E-state index contributed by atoms with van der Waals surface area (Å²) in [6.45, 7) is -0.0206. The second-order valence-electron chi connectivity index (χ2n) is 4.00. The summed E-state index contributed by atoms with van der Waals surface area (Å²) in [5.41, 5.74) is 6.25. The fourth-order valence-corrected chi connectivity index (χ4v) is 1.73. The zero-order chi connectivity index (χ0) is 13.8. The lowest BCUT2D eigenvalue weighted by Gasteiger charge is -2.11. The first-order valence-corrected chi connectivity index (χ1v) is 5.65. The molecule has 0 aliphatic carbocycles. The van der Waals surface area contributed by atoms with E-state index in [2.05, 4.69) is 0 Å². The second kappa shape index (κ2) is 5.75. The Morgan fingerprint density at radius 1 is 1.00 bits per heavy atom. The second-order valence-corrected chi connectivity index (χ2v) is 4.00. The standard InChI is InChI=1S/C14H12F3NO/c15-11-4-9(5-12(16)6-11)8-19-14-10(7-18)2-1-3-13(14)17/h1-6H,7-8,18H2. The summed E-state index contributed by atoms with van der Waals surface area (Å²) in [6.07, 6.45) is 0. The monoisotopic (exact) mass is 267 g/mol. The van der Waals surface area contributed by atoms with Gasteiger partial charge in [0, 0.05) is 18.2 Å². The maximum atomic E-state index is 13.6. The zero-order valence-electron chi connectivity index (χ0n) is 10.00. The molecule has 0 fully saturated rings. The van der Waals surface area contributed by atoms with E-state index >= 15 is 0 Å². The van der Waals surface area contributed by atoms with Gasteiger partial charge >= 0.3 is 0 Å². The van der Waals surface area contributed by atoms with Crippen LogP contribution in [0.4, 0.5) is 13.2 Å². The van der Waals surface area contributed by atoms with E-state index in [-0.39, 0.29) is 24.5 Å². The zero-order valence-corrected chi connectivity index (χ0v) is 10.00. The number of hydrogen-bond acceptors (Lipinski definition) is 2. The summed E-state index contributed by atoms with van der Waals surface area (Å²) in [6, 6.07) is 7.41. The first-order valence-electron chi connectivity index (χ1n) is 5.65. The average Bonchev–Trinajstić information content (AvgIpc) is 2.36. The summed E-state index contributed by atoms with van der Waals surface area (Å²) >= 11 is 0. The summed E-state index contributed by atoms with van der Waals surface area (Å²) in [7, 11) is 0. The van der Waals surface area contributed by atoms with E-state index in [0.717, 1.165) is 18.2 Å². The summed E-state index contributed by atoms with van der Waals surface area (Å²) in [4.78, 5) is 0. The molecule has 0 atom stereocenters. The van der Waals surface area contributed by atoms with Gasteiger partial charge in [0.05, 0.1) is 0 Å². The van der Waals surface area contributed by atoms with Crippen molar-refractivity contribution in [3.63, 3.8) is 0 Å². The molecule has 0 unspecified atom stereocenters. The van der Waals surface area contributed by atoms with Crippen molar-refractivity contribution in [3.05, 3.63) is 65.0 Å². The Bertz CT molecular complexity index is 567. The molecule has 19 heavy (non-hydrogen) atoms. The lowest BCUT2D eigenvalue weighted by atomic mass is 10.2. The highest BCUT2D eigenvalue weighted by Gasteiger charge is 2.09. The van der Waals surface area contributed by atoms with E-state index in [4.69, 9.17) is 10.5 Å². The minimum atomic E-state index is -0.703. The maximum Gasteiger partial charge on any atom is 0.165 e. The molecule has 0 radical (unpaired) electrons. The van der Waals surface area contributed by atoms with Gasteiger partial charge in [-0.2, -0.15) is 0 Å². The first-order chi connectivity index (χ1) is 9.10. The highest BCUT2D eigenvalue weighted by Crippen LogP contribution is 2.23. The Morgan fingerprint density at radius 2 is 1.68 bits per heavy atom. The number of nitrogens with two attached hydrogens (primary N) is 1. The molecule has 2 N–H and O–H groups in total. The van der Waals surface area contributed by atoms with E-state index < -0.39 is 17.5 Å². The number of halogens is 3. The normalized spacial score (nSPS) is 10.5. The van der Waals surface area contributed by atoms with Gasteiger partial charge in [0.2, 0.25) is 0 Å². The van der Waals surface area contributed by atoms with Gasteiger partial charge in [-0.05, 0) is 23.8 Å². The van der Waals surface area contributed by atoms with Crippen LogP contribution in [0.1, 0.15) is 11.1 Å². The molecule has 0 aliphatic heterocycles. The molecule has 0 heterocycles. The largest absolute Gasteiger partial charge is 0.485 e. The van der Waals surface area contributed by atoms with Gasteiger partial charge in [0.1, 0.15) is 18.2 Å². The van der Waals surface area contributed by atoms with Gasteiger partial charge in [0.15, 0.2) is 11.6 Å². The fraction of sp³-hybridized carbons (Fsp3) is 0.143. The summed E-state index contributed by atoms with van der Waals surface area (Å²) in [5, 5.41) is 0. The van der Waals surface area contributed by atoms with Gasteiger partial charge in [0.25, 0.3) is 0 Å². The van der Waals surface area contributed by atoms with Gasteiger partial charge in [-0.3, -0.25) is 0 Å². The quantitative estimate of drug-likeness (QED) is 0.923. The Labute approximate surface area is 108 Å². The molecule has 0 saturated carbocycles. The van der Waals surface area contributed by atoms with Gasteiger partial charge in [-0.25, -0.2) is 13.2 Å². The van der Waals surface area contributed by atoms with Crippen LogP contribution in [0.3, 0.4) is 0 Å². The van der Waals surface area contributed by atoms with Crippen molar-refractivity contribution < 1.29 is 17.9 Å². The molecule has 0 spiro atoms. The third kappa shape index (κ3) is 3.26. The van der Waals surface area contributed by atoms with E-state index in [1.807, 2.05) is 0 Å². The molecule has 2 aromatic rings. The average molecular weight is 267 g/mol. The van der Waals surface area contributed by atoms with Crippen LogP contribution in [-0.4, -0.2) is 0 Å². The molecule has 0 aliphatic rings. The van der Waals surface area contributed by atoms with Crippen molar-refractivity contribution in [2.45, 2.75) is 13.2 Å². The van der Waals surface area contributed by atoms with Gasteiger partial charge < -0.3 is 10.5 Å². The van der Waals surface area contributed by atoms with Crippen LogP contribution in [0.15, 0.2) is 36.4 Å². The van der Waals surface area contributed by atoms with Crippen molar-refractivity contribution in [2.75, 3.05) is 0 Å². The molecule has 2 rings (SSSR count). The molecule has 0 bridgehead atoms. The Balaban J connectivity index is 2.18. The fourth-order valence-electron chi connectivity index (χ4n) is 1.73. The highest BCUT2D eigenvalue weighted by molar-refractivity contribution is 5.35. The van der Waals surface area contributed by atoms with E-state index in [1.54, 1.807) is 6.07 Å². The number of ether oxygens (including phenoxy) is 1. The third-order valence-electron chi connectivity index (χ3n) is 2.57. The third-order valence-corrected chi connectivity index (χ3v) is 2.57. The number of para-hydroxylation sites is 1. The maximum absolute atomic E-state index is 13.6. The van der Waals surface area contributed by atoms with Crippen molar-refractivity contribution >= 4 is 0 Å². The smallest absolute Gasteiger partial charge is 0.165 e. The molecular weight excluding hydrogens is 255 g/mol. The number of hydrogen-bond donors (Lipinski definition) is 1. The van der Waals surface area contributed by atoms with Crippen LogP contribution in [0, 0.1) is 17.5 Å². The van der Waals surface area contributed by atoms with Crippen molar-refractivity contribution in [2.24, 2.45) is 5.73 Å². The molecule has 2 aromatic carbocycles. The minimum absolute atomic E-state index is 0.00895. The molecule has 5 heteroatoms. The topological polar surface area (TPSA) is 35.2 Å². The Morgan fingerprint density at radius 3 is 2.32 bits per heavy atom. The molecule has 2 nitrogen and oxygen atoms in total. The predicted molar refractivity (Wildman–Crippen MR) is 65.0 cm³/mol. The van der Waals surface area contributed by atoms with Crippen LogP contribution in [0.2, 0.25) is 0 Å². The van der Waals surface area contributed by atoms with Gasteiger partial charge in [-0.15, -0.1) is 0 Å². The van der Waals surface area contributed by atoms with Crippen LogP contribution in [0.5, 0.6) is 5.75 Å². The summed E-state index contributed by atoms with van der Waals surface area (Å²) < 4.78 is 44.8. The lowest BCUT2D eigenvalue weighted by Crippen LogP contribution is -2.05. The molecular formula is C14H12F3NO. The van der Waals surface area contributed by atoms with Crippen LogP contribution < -0.4 is 10.5 Å². The first kappa shape index (κ1) is 13.4. The van der Waals surface area contributed by atoms with E-state index in [1.165, 1.54) is 12.1 Å². The number of rotatable bonds is 4. The van der Waals surface area contributed by atoms with Crippen molar-refractivity contribution in [3.8, 4) is 5.75 Å². The van der Waals surface area contributed by atoms with Gasteiger partial charge in [-0.1, -0.05) is 12.1 Å². The van der Waals surface area contributed by atoms with E-state index in [0.29, 0.717) is 5.56 Å². The highest BCUT2D eigenvalue weighted by atomic mass is 19.1. The van der Waals surface area contributed by atoms with E-state index in [9.17, 15) is 13.2 Å². The molecule has 100 valence electrons. The predicted octanol–water partition coefficient (Wildman–Crippen LogP) is 3.14. The lowest BCUT2D eigenvalue weighted by molar-refractivity contribution is 0.286.